The largest absolute Gasteiger partial charge is 0.347 e. The van der Waals surface area contributed by atoms with E-state index in [1.807, 2.05) is 43.5 Å². The van der Waals surface area contributed by atoms with Gasteiger partial charge in [0.2, 0.25) is 5.82 Å². The van der Waals surface area contributed by atoms with E-state index in [0.29, 0.717) is 0 Å². The van der Waals surface area contributed by atoms with Crippen LogP contribution in [0.5, 0.6) is 0 Å². The molecule has 0 bridgehead atoms. The Balaban J connectivity index is 0.00000218. The van der Waals surface area contributed by atoms with Crippen molar-refractivity contribution in [1.82, 2.24) is 9.55 Å². The van der Waals surface area contributed by atoms with Crippen LogP contribution in [0.25, 0.3) is 39.2 Å². The van der Waals surface area contributed by atoms with Crippen molar-refractivity contribution in [2.75, 3.05) is 0 Å². The van der Waals surface area contributed by atoms with E-state index in [-0.39, 0.29) is 32.7 Å². The number of benzene rings is 3. The third-order valence-electron chi connectivity index (χ3n) is 5.26. The molecule has 0 saturated heterocycles. The Labute approximate surface area is 201 Å². The van der Waals surface area contributed by atoms with E-state index in [0.717, 1.165) is 44.9 Å². The molecule has 0 fully saturated rings. The Kier molecular flexibility index (Phi) is 5.94. The van der Waals surface area contributed by atoms with E-state index in [2.05, 4.69) is 76.8 Å². The molecule has 30 heavy (non-hydrogen) atoms. The molecule has 1 radical (unpaired) electrons. The SMILES string of the molecule is Cc1ncc(-c2[c-]cccc2)[c-]c1-c1n(-c2ccccc2)c2ccccc2[n+]1C.[Y]. The van der Waals surface area contributed by atoms with E-state index < -0.39 is 0 Å². The maximum Gasteiger partial charge on any atom is 0.231 e. The molecule has 3 nitrogen and oxygen atoms in total. The number of hydrogen-bond acceptors (Lipinski definition) is 1. The van der Waals surface area contributed by atoms with Crippen LogP contribution >= 0.6 is 0 Å². The van der Waals surface area contributed by atoms with Gasteiger partial charge in [-0.1, -0.05) is 43.5 Å². The van der Waals surface area contributed by atoms with Gasteiger partial charge in [-0.3, -0.25) is 4.57 Å². The third-order valence-corrected chi connectivity index (χ3v) is 5.26. The molecule has 0 amide bonds. The van der Waals surface area contributed by atoms with E-state index in [1.54, 1.807) is 0 Å². The van der Waals surface area contributed by atoms with Crippen LogP contribution in [0, 0.1) is 19.1 Å². The Morgan fingerprint density at radius 3 is 2.37 bits per heavy atom. The number of fused-ring (bicyclic) bond motifs is 1. The van der Waals surface area contributed by atoms with Gasteiger partial charge in [-0.05, 0) is 35.5 Å². The molecule has 0 saturated carbocycles. The molecule has 0 unspecified atom stereocenters. The van der Waals surface area contributed by atoms with Crippen LogP contribution in [-0.2, 0) is 39.8 Å². The Morgan fingerprint density at radius 1 is 0.867 bits per heavy atom. The Hall–Kier alpha value is -2.62. The minimum atomic E-state index is 0. The second-order valence-corrected chi connectivity index (χ2v) is 7.08. The second-order valence-electron chi connectivity index (χ2n) is 7.08. The van der Waals surface area contributed by atoms with Gasteiger partial charge >= 0.3 is 0 Å². The normalized spacial score (nSPS) is 10.7. The summed E-state index contributed by atoms with van der Waals surface area (Å²) in [5.41, 5.74) is 7.30. The van der Waals surface area contributed by atoms with Gasteiger partial charge in [-0.25, -0.2) is 10.1 Å². The molecule has 5 rings (SSSR count). The van der Waals surface area contributed by atoms with Gasteiger partial charge in [-0.15, -0.1) is 6.07 Å². The van der Waals surface area contributed by atoms with E-state index in [4.69, 9.17) is 4.98 Å². The monoisotopic (exact) mass is 463 g/mol. The number of para-hydroxylation sites is 3. The summed E-state index contributed by atoms with van der Waals surface area (Å²) in [5.74, 6) is 1.06. The molecule has 3 aromatic carbocycles. The summed E-state index contributed by atoms with van der Waals surface area (Å²) >= 11 is 0. The summed E-state index contributed by atoms with van der Waals surface area (Å²) in [6, 6.07) is 33.8. The molecule has 0 spiro atoms. The molecule has 4 heteroatoms. The summed E-state index contributed by atoms with van der Waals surface area (Å²) in [6.45, 7) is 2.04. The molecule has 2 aromatic heterocycles. The van der Waals surface area contributed by atoms with Gasteiger partial charge in [-0.2, -0.15) is 35.9 Å². The first-order chi connectivity index (χ1) is 14.2. The molecule has 0 atom stereocenters. The molecular formula is C26H20N3Y-. The van der Waals surface area contributed by atoms with Crippen molar-refractivity contribution in [3.05, 3.63) is 103 Å². The Bertz CT molecular complexity index is 1310. The number of nitrogens with zero attached hydrogens (tertiary/aromatic N) is 3. The zero-order valence-electron chi connectivity index (χ0n) is 17.0. The second kappa shape index (κ2) is 8.63. The van der Waals surface area contributed by atoms with E-state index in [9.17, 15) is 0 Å². The number of aryl methyl sites for hydroxylation is 2. The number of hydrogen-bond donors (Lipinski definition) is 0. The van der Waals surface area contributed by atoms with Crippen molar-refractivity contribution in [2.24, 2.45) is 7.05 Å². The average Bonchev–Trinajstić information content (AvgIpc) is 3.08. The maximum absolute atomic E-state index is 4.70. The molecule has 0 N–H and O–H groups in total. The minimum Gasteiger partial charge on any atom is -0.347 e. The fourth-order valence-corrected chi connectivity index (χ4v) is 3.83. The predicted molar refractivity (Wildman–Crippen MR) is 116 cm³/mol. The summed E-state index contributed by atoms with van der Waals surface area (Å²) in [7, 11) is 2.10. The molecule has 0 aliphatic rings. The fraction of sp³-hybridized carbons (Fsp3) is 0.0769. The summed E-state index contributed by atoms with van der Waals surface area (Å²) in [4.78, 5) is 4.70. The van der Waals surface area contributed by atoms with Crippen LogP contribution in [-0.4, -0.2) is 9.55 Å². The first kappa shape index (κ1) is 20.6. The van der Waals surface area contributed by atoms with Crippen molar-refractivity contribution in [3.8, 4) is 28.2 Å². The number of rotatable bonds is 3. The molecule has 2 heterocycles. The molecular weight excluding hydrogens is 443 g/mol. The first-order valence-electron chi connectivity index (χ1n) is 9.65. The summed E-state index contributed by atoms with van der Waals surface area (Å²) in [6.07, 6.45) is 1.88. The number of imidazole rings is 1. The van der Waals surface area contributed by atoms with Gasteiger partial charge < -0.3 is 4.98 Å². The number of aromatic nitrogens is 3. The first-order valence-corrected chi connectivity index (χ1v) is 9.65. The van der Waals surface area contributed by atoms with Gasteiger partial charge in [0.25, 0.3) is 0 Å². The van der Waals surface area contributed by atoms with Crippen LogP contribution in [0.1, 0.15) is 5.69 Å². The van der Waals surface area contributed by atoms with Crippen molar-refractivity contribution in [2.45, 2.75) is 6.92 Å². The minimum absolute atomic E-state index is 0. The molecule has 0 aliphatic carbocycles. The Morgan fingerprint density at radius 2 is 1.60 bits per heavy atom. The van der Waals surface area contributed by atoms with Crippen molar-refractivity contribution < 1.29 is 37.3 Å². The van der Waals surface area contributed by atoms with Gasteiger partial charge in [0.15, 0.2) is 11.0 Å². The van der Waals surface area contributed by atoms with Crippen molar-refractivity contribution in [3.63, 3.8) is 0 Å². The van der Waals surface area contributed by atoms with Gasteiger partial charge in [0.05, 0.1) is 7.05 Å². The zero-order chi connectivity index (χ0) is 19.8. The smallest absolute Gasteiger partial charge is 0.231 e. The van der Waals surface area contributed by atoms with E-state index in [1.165, 1.54) is 0 Å². The summed E-state index contributed by atoms with van der Waals surface area (Å²) in [5, 5.41) is 0. The number of pyridine rings is 1. The topological polar surface area (TPSA) is 21.7 Å². The van der Waals surface area contributed by atoms with Crippen LogP contribution in [0.3, 0.4) is 0 Å². The predicted octanol–water partition coefficient (Wildman–Crippen LogP) is 5.09. The molecule has 5 aromatic rings. The zero-order valence-corrected chi connectivity index (χ0v) is 19.8. The maximum atomic E-state index is 4.70. The van der Waals surface area contributed by atoms with Gasteiger partial charge in [0, 0.05) is 32.7 Å². The van der Waals surface area contributed by atoms with Crippen LogP contribution < -0.4 is 4.57 Å². The van der Waals surface area contributed by atoms with Crippen molar-refractivity contribution >= 4 is 11.0 Å². The van der Waals surface area contributed by atoms with Crippen LogP contribution in [0.15, 0.2) is 85.1 Å². The van der Waals surface area contributed by atoms with E-state index >= 15 is 0 Å². The summed E-state index contributed by atoms with van der Waals surface area (Å²) < 4.78 is 4.51. The quantitative estimate of drug-likeness (QED) is 0.270. The van der Waals surface area contributed by atoms with Gasteiger partial charge in [0.1, 0.15) is 5.69 Å². The average molecular weight is 463 g/mol. The molecule has 143 valence electrons. The van der Waals surface area contributed by atoms with Crippen LogP contribution in [0.4, 0.5) is 0 Å². The standard InChI is InChI=1S/C26H20N3.Y/c1-19-23(17-21(18-27-19)20-11-5-3-6-12-20)26-28(2)24-15-9-10-16-25(24)29(26)22-13-7-4-8-14-22;/h3-11,13-16,18H,1-2H3;/q-1;. The van der Waals surface area contributed by atoms with Crippen LogP contribution in [0.2, 0.25) is 0 Å². The molecule has 0 aliphatic heterocycles. The third kappa shape index (κ3) is 3.53. The van der Waals surface area contributed by atoms with Crippen molar-refractivity contribution in [1.29, 1.82) is 0 Å². The fourth-order valence-electron chi connectivity index (χ4n) is 3.83.